The highest BCUT2D eigenvalue weighted by Crippen LogP contribution is 2.31. The molecule has 0 spiro atoms. The largest absolute Gasteiger partial charge is 0.497 e. The van der Waals surface area contributed by atoms with Crippen molar-refractivity contribution in [2.75, 3.05) is 17.9 Å². The Kier molecular flexibility index (Phi) is 4.26. The first-order valence-electron chi connectivity index (χ1n) is 5.97. The van der Waals surface area contributed by atoms with Gasteiger partial charge < -0.3 is 15.5 Å². The maximum Gasteiger partial charge on any atom is 0.148 e. The van der Waals surface area contributed by atoms with Crippen LogP contribution in [0.15, 0.2) is 18.2 Å². The minimum absolute atomic E-state index is 0.569. The van der Waals surface area contributed by atoms with E-state index in [4.69, 9.17) is 22.2 Å². The molecular weight excluding hydrogens is 278 g/mol. The molecule has 0 unspecified atom stereocenters. The number of aromatic nitrogens is 2. The van der Waals surface area contributed by atoms with E-state index in [0.29, 0.717) is 33.9 Å². The van der Waals surface area contributed by atoms with Crippen LogP contribution in [-0.2, 0) is 0 Å². The molecule has 0 bridgehead atoms. The SMILES string of the molecule is COc1ccc(Cl)c(Nc2nc(C)nc(NN)c2C)c1. The summed E-state index contributed by atoms with van der Waals surface area (Å²) in [6, 6.07) is 5.35. The number of hydrazine groups is 1. The molecular formula is C13H16ClN5O. The average molecular weight is 294 g/mol. The Bertz CT molecular complexity index is 632. The quantitative estimate of drug-likeness (QED) is 0.594. The van der Waals surface area contributed by atoms with Crippen LogP contribution in [0.25, 0.3) is 0 Å². The Balaban J connectivity index is 2.42. The van der Waals surface area contributed by atoms with Crippen molar-refractivity contribution in [3.8, 4) is 5.75 Å². The van der Waals surface area contributed by atoms with E-state index in [1.54, 1.807) is 32.2 Å². The van der Waals surface area contributed by atoms with Gasteiger partial charge in [0.1, 0.15) is 23.2 Å². The number of aryl methyl sites for hydroxylation is 1. The Morgan fingerprint density at radius 2 is 1.90 bits per heavy atom. The van der Waals surface area contributed by atoms with Crippen molar-refractivity contribution >= 4 is 28.9 Å². The molecule has 1 heterocycles. The lowest BCUT2D eigenvalue weighted by Gasteiger charge is -2.14. The number of rotatable bonds is 4. The number of ether oxygens (including phenoxy) is 1. The molecule has 7 heteroatoms. The predicted molar refractivity (Wildman–Crippen MR) is 80.6 cm³/mol. The molecule has 0 aliphatic rings. The molecule has 1 aromatic carbocycles. The summed E-state index contributed by atoms with van der Waals surface area (Å²) in [6.07, 6.45) is 0. The molecule has 0 saturated heterocycles. The van der Waals surface area contributed by atoms with Crippen LogP contribution in [0.5, 0.6) is 5.75 Å². The van der Waals surface area contributed by atoms with Crippen molar-refractivity contribution in [3.05, 3.63) is 34.6 Å². The monoisotopic (exact) mass is 293 g/mol. The van der Waals surface area contributed by atoms with Crippen molar-refractivity contribution in [1.82, 2.24) is 9.97 Å². The second-order valence-corrected chi connectivity index (χ2v) is 4.62. The zero-order valence-electron chi connectivity index (χ0n) is 11.5. The molecule has 0 aliphatic carbocycles. The van der Waals surface area contributed by atoms with Gasteiger partial charge >= 0.3 is 0 Å². The maximum absolute atomic E-state index is 6.17. The summed E-state index contributed by atoms with van der Waals surface area (Å²) in [5.74, 6) is 7.96. The maximum atomic E-state index is 6.17. The first-order chi connectivity index (χ1) is 9.55. The summed E-state index contributed by atoms with van der Waals surface area (Å²) < 4.78 is 5.18. The summed E-state index contributed by atoms with van der Waals surface area (Å²) in [7, 11) is 1.60. The van der Waals surface area contributed by atoms with Gasteiger partial charge in [0.05, 0.1) is 17.8 Å². The summed E-state index contributed by atoms with van der Waals surface area (Å²) >= 11 is 6.17. The summed E-state index contributed by atoms with van der Waals surface area (Å²) in [5.41, 5.74) is 4.06. The van der Waals surface area contributed by atoms with E-state index >= 15 is 0 Å². The van der Waals surface area contributed by atoms with E-state index < -0.39 is 0 Å². The molecule has 6 nitrogen and oxygen atoms in total. The van der Waals surface area contributed by atoms with Gasteiger partial charge in [-0.2, -0.15) is 0 Å². The lowest BCUT2D eigenvalue weighted by atomic mass is 10.2. The van der Waals surface area contributed by atoms with Gasteiger partial charge in [-0.05, 0) is 26.0 Å². The second-order valence-electron chi connectivity index (χ2n) is 4.21. The van der Waals surface area contributed by atoms with Gasteiger partial charge in [0.15, 0.2) is 0 Å². The Morgan fingerprint density at radius 3 is 2.55 bits per heavy atom. The van der Waals surface area contributed by atoms with E-state index in [9.17, 15) is 0 Å². The number of halogens is 1. The molecule has 0 saturated carbocycles. The molecule has 4 N–H and O–H groups in total. The van der Waals surface area contributed by atoms with Gasteiger partial charge in [-0.25, -0.2) is 15.8 Å². The Hall–Kier alpha value is -2.05. The smallest absolute Gasteiger partial charge is 0.148 e. The number of hydrogen-bond acceptors (Lipinski definition) is 6. The van der Waals surface area contributed by atoms with Crippen molar-refractivity contribution < 1.29 is 4.74 Å². The highest BCUT2D eigenvalue weighted by atomic mass is 35.5. The van der Waals surface area contributed by atoms with Gasteiger partial charge in [-0.15, -0.1) is 0 Å². The van der Waals surface area contributed by atoms with Crippen molar-refractivity contribution in [2.24, 2.45) is 5.84 Å². The number of nitrogens with two attached hydrogens (primary N) is 1. The van der Waals surface area contributed by atoms with Crippen molar-refractivity contribution in [3.63, 3.8) is 0 Å². The predicted octanol–water partition coefficient (Wildman–Crippen LogP) is 2.78. The van der Waals surface area contributed by atoms with Gasteiger partial charge in [-0.3, -0.25) is 0 Å². The van der Waals surface area contributed by atoms with Crippen LogP contribution < -0.4 is 21.3 Å². The molecule has 0 fully saturated rings. The molecule has 2 aromatic rings. The molecule has 106 valence electrons. The molecule has 0 aliphatic heterocycles. The molecule has 0 radical (unpaired) electrons. The molecule has 0 amide bonds. The molecule has 20 heavy (non-hydrogen) atoms. The number of nitrogen functional groups attached to an aromatic ring is 1. The second kappa shape index (κ2) is 5.94. The standard InChI is InChI=1S/C13H16ClN5O/c1-7-12(16-8(2)17-13(7)19-15)18-11-6-9(20-3)4-5-10(11)14/h4-6H,15H2,1-3H3,(H2,16,17,18,19). The van der Waals surface area contributed by atoms with Gasteiger partial charge in [0, 0.05) is 11.6 Å². The Morgan fingerprint density at radius 1 is 1.20 bits per heavy atom. The zero-order valence-corrected chi connectivity index (χ0v) is 12.2. The van der Waals surface area contributed by atoms with Crippen LogP contribution >= 0.6 is 11.6 Å². The third-order valence-electron chi connectivity index (χ3n) is 2.82. The third-order valence-corrected chi connectivity index (χ3v) is 3.15. The zero-order chi connectivity index (χ0) is 14.7. The number of nitrogens with zero attached hydrogens (tertiary/aromatic N) is 2. The first kappa shape index (κ1) is 14.4. The van der Waals surface area contributed by atoms with Crippen LogP contribution in [0.2, 0.25) is 5.02 Å². The third kappa shape index (κ3) is 2.92. The average Bonchev–Trinajstić information content (AvgIpc) is 2.44. The number of methoxy groups -OCH3 is 1. The van der Waals surface area contributed by atoms with Crippen LogP contribution in [0.3, 0.4) is 0 Å². The van der Waals surface area contributed by atoms with E-state index in [1.165, 1.54) is 0 Å². The number of anilines is 3. The number of benzene rings is 1. The molecule has 0 atom stereocenters. The van der Waals surface area contributed by atoms with E-state index in [1.807, 2.05) is 6.92 Å². The molecule has 1 aromatic heterocycles. The van der Waals surface area contributed by atoms with Crippen molar-refractivity contribution in [2.45, 2.75) is 13.8 Å². The van der Waals surface area contributed by atoms with Crippen LogP contribution in [-0.4, -0.2) is 17.1 Å². The van der Waals surface area contributed by atoms with Crippen LogP contribution in [0, 0.1) is 13.8 Å². The fraction of sp³-hybridized carbons (Fsp3) is 0.231. The molecule has 2 rings (SSSR count). The fourth-order valence-electron chi connectivity index (χ4n) is 1.75. The van der Waals surface area contributed by atoms with E-state index in [-0.39, 0.29) is 0 Å². The van der Waals surface area contributed by atoms with Gasteiger partial charge in [0.25, 0.3) is 0 Å². The van der Waals surface area contributed by atoms with Gasteiger partial charge in [-0.1, -0.05) is 11.6 Å². The Labute approximate surface area is 122 Å². The van der Waals surface area contributed by atoms with Gasteiger partial charge in [0.2, 0.25) is 0 Å². The van der Waals surface area contributed by atoms with Crippen LogP contribution in [0.4, 0.5) is 17.3 Å². The summed E-state index contributed by atoms with van der Waals surface area (Å²) in [5, 5.41) is 3.75. The minimum Gasteiger partial charge on any atom is -0.497 e. The minimum atomic E-state index is 0.569. The fourth-order valence-corrected chi connectivity index (χ4v) is 1.91. The van der Waals surface area contributed by atoms with E-state index in [0.717, 1.165) is 5.56 Å². The number of hydrogen-bond donors (Lipinski definition) is 3. The first-order valence-corrected chi connectivity index (χ1v) is 6.35. The topological polar surface area (TPSA) is 85.1 Å². The summed E-state index contributed by atoms with van der Waals surface area (Å²) in [6.45, 7) is 3.66. The lowest BCUT2D eigenvalue weighted by molar-refractivity contribution is 0.415. The van der Waals surface area contributed by atoms with Crippen molar-refractivity contribution in [1.29, 1.82) is 0 Å². The normalized spacial score (nSPS) is 10.2. The van der Waals surface area contributed by atoms with E-state index in [2.05, 4.69) is 20.7 Å². The highest BCUT2D eigenvalue weighted by Gasteiger charge is 2.10. The highest BCUT2D eigenvalue weighted by molar-refractivity contribution is 6.33. The summed E-state index contributed by atoms with van der Waals surface area (Å²) in [4.78, 5) is 8.56. The van der Waals surface area contributed by atoms with Crippen LogP contribution in [0.1, 0.15) is 11.4 Å². The lowest BCUT2D eigenvalue weighted by Crippen LogP contribution is -2.13. The number of nitrogens with one attached hydrogen (secondary N) is 2.